The minimum Gasteiger partial charge on any atom is -0.481 e. The Morgan fingerprint density at radius 2 is 1.76 bits per heavy atom. The van der Waals surface area contributed by atoms with Gasteiger partial charge in [0.25, 0.3) is 5.91 Å². The SMILES string of the molecule is COc1ccc(CC(NC(=O)c2ccc(-c3ccccc3)cc2)C(=O)NC2(C#N)CC2)cn1. The van der Waals surface area contributed by atoms with E-state index < -0.39 is 11.6 Å². The molecule has 7 heteroatoms. The lowest BCUT2D eigenvalue weighted by atomic mass is 10.0. The number of carbonyl (C=O) groups is 2. The summed E-state index contributed by atoms with van der Waals surface area (Å²) in [6.07, 6.45) is 3.07. The fourth-order valence-corrected chi connectivity index (χ4v) is 3.50. The summed E-state index contributed by atoms with van der Waals surface area (Å²) < 4.78 is 5.08. The molecule has 0 radical (unpaired) electrons. The van der Waals surface area contributed by atoms with Gasteiger partial charge in [-0.25, -0.2) is 4.98 Å². The third-order valence-corrected chi connectivity index (χ3v) is 5.65. The monoisotopic (exact) mass is 440 g/mol. The Bertz CT molecular complexity index is 1160. The zero-order valence-electron chi connectivity index (χ0n) is 18.2. The Kier molecular flexibility index (Phi) is 6.36. The molecule has 1 fully saturated rings. The Hall–Kier alpha value is -4.18. The third-order valence-electron chi connectivity index (χ3n) is 5.65. The van der Waals surface area contributed by atoms with Gasteiger partial charge in [-0.05, 0) is 41.7 Å². The fourth-order valence-electron chi connectivity index (χ4n) is 3.50. The molecule has 7 nitrogen and oxygen atoms in total. The molecule has 2 amide bonds. The molecule has 3 aromatic rings. The number of methoxy groups -OCH3 is 1. The van der Waals surface area contributed by atoms with E-state index in [9.17, 15) is 14.9 Å². The molecular formula is C26H24N4O3. The van der Waals surface area contributed by atoms with Gasteiger partial charge in [-0.3, -0.25) is 9.59 Å². The van der Waals surface area contributed by atoms with Crippen molar-refractivity contribution in [3.8, 4) is 23.1 Å². The number of ether oxygens (including phenoxy) is 1. The number of hydrogen-bond donors (Lipinski definition) is 2. The van der Waals surface area contributed by atoms with Crippen LogP contribution in [0.1, 0.15) is 28.8 Å². The maximum Gasteiger partial charge on any atom is 0.251 e. The van der Waals surface area contributed by atoms with Crippen LogP contribution in [0, 0.1) is 11.3 Å². The number of carbonyl (C=O) groups excluding carboxylic acids is 2. The average Bonchev–Trinajstić information content (AvgIpc) is 3.64. The minimum absolute atomic E-state index is 0.234. The van der Waals surface area contributed by atoms with Crippen molar-refractivity contribution in [3.63, 3.8) is 0 Å². The zero-order chi connectivity index (χ0) is 23.3. The van der Waals surface area contributed by atoms with Gasteiger partial charge in [0, 0.05) is 24.2 Å². The summed E-state index contributed by atoms with van der Waals surface area (Å²) in [6.45, 7) is 0. The van der Waals surface area contributed by atoms with Gasteiger partial charge in [0.05, 0.1) is 13.2 Å². The van der Waals surface area contributed by atoms with Gasteiger partial charge in [-0.15, -0.1) is 0 Å². The van der Waals surface area contributed by atoms with Crippen LogP contribution in [0.25, 0.3) is 11.1 Å². The van der Waals surface area contributed by atoms with Gasteiger partial charge in [-0.2, -0.15) is 5.26 Å². The topological polar surface area (TPSA) is 104 Å². The van der Waals surface area contributed by atoms with Gasteiger partial charge in [0.2, 0.25) is 11.8 Å². The van der Waals surface area contributed by atoms with Crippen LogP contribution in [0.2, 0.25) is 0 Å². The lowest BCUT2D eigenvalue weighted by Crippen LogP contribution is -2.51. The average molecular weight is 441 g/mol. The van der Waals surface area contributed by atoms with E-state index in [2.05, 4.69) is 21.7 Å². The number of amides is 2. The summed E-state index contributed by atoms with van der Waals surface area (Å²) in [5, 5.41) is 15.0. The number of hydrogen-bond acceptors (Lipinski definition) is 5. The van der Waals surface area contributed by atoms with Gasteiger partial charge in [0.1, 0.15) is 11.6 Å². The van der Waals surface area contributed by atoms with E-state index in [4.69, 9.17) is 4.74 Å². The van der Waals surface area contributed by atoms with Crippen molar-refractivity contribution in [2.75, 3.05) is 7.11 Å². The Morgan fingerprint density at radius 3 is 2.33 bits per heavy atom. The van der Waals surface area contributed by atoms with Gasteiger partial charge >= 0.3 is 0 Å². The molecule has 33 heavy (non-hydrogen) atoms. The maximum absolute atomic E-state index is 13.0. The predicted molar refractivity (Wildman–Crippen MR) is 123 cm³/mol. The van der Waals surface area contributed by atoms with Crippen molar-refractivity contribution < 1.29 is 14.3 Å². The number of rotatable bonds is 8. The van der Waals surface area contributed by atoms with Crippen LogP contribution in [0.4, 0.5) is 0 Å². The van der Waals surface area contributed by atoms with Crippen molar-refractivity contribution in [2.24, 2.45) is 0 Å². The first kappa shape index (κ1) is 22.0. The molecule has 1 heterocycles. The van der Waals surface area contributed by atoms with Crippen LogP contribution in [-0.2, 0) is 11.2 Å². The van der Waals surface area contributed by atoms with Crippen molar-refractivity contribution in [1.29, 1.82) is 5.26 Å². The van der Waals surface area contributed by atoms with Crippen molar-refractivity contribution in [3.05, 3.63) is 84.1 Å². The molecule has 0 bridgehead atoms. The van der Waals surface area contributed by atoms with Gasteiger partial charge < -0.3 is 15.4 Å². The summed E-state index contributed by atoms with van der Waals surface area (Å²) >= 11 is 0. The molecule has 1 unspecified atom stereocenters. The molecule has 1 saturated carbocycles. The number of benzene rings is 2. The van der Waals surface area contributed by atoms with Crippen LogP contribution in [0.15, 0.2) is 72.9 Å². The van der Waals surface area contributed by atoms with Gasteiger partial charge in [0.15, 0.2) is 0 Å². The summed E-state index contributed by atoms with van der Waals surface area (Å²) in [4.78, 5) is 30.1. The minimum atomic E-state index is -0.854. The van der Waals surface area contributed by atoms with E-state index in [0.717, 1.165) is 16.7 Å². The highest BCUT2D eigenvalue weighted by molar-refractivity contribution is 5.98. The van der Waals surface area contributed by atoms with E-state index in [1.807, 2.05) is 42.5 Å². The number of nitrogens with zero attached hydrogens (tertiary/aromatic N) is 2. The molecule has 2 aromatic carbocycles. The molecule has 1 aliphatic carbocycles. The normalized spacial score (nSPS) is 14.4. The van der Waals surface area contributed by atoms with Crippen molar-refractivity contribution >= 4 is 11.8 Å². The first-order valence-corrected chi connectivity index (χ1v) is 10.7. The zero-order valence-corrected chi connectivity index (χ0v) is 18.2. The van der Waals surface area contributed by atoms with E-state index in [-0.39, 0.29) is 18.2 Å². The largest absolute Gasteiger partial charge is 0.481 e. The molecular weight excluding hydrogens is 416 g/mol. The maximum atomic E-state index is 13.0. The second kappa shape index (κ2) is 9.53. The van der Waals surface area contributed by atoms with Crippen LogP contribution in [0.3, 0.4) is 0 Å². The number of aromatic nitrogens is 1. The summed E-state index contributed by atoms with van der Waals surface area (Å²) in [5.41, 5.74) is 2.44. The number of nitrogens with one attached hydrogen (secondary N) is 2. The number of pyridine rings is 1. The second-order valence-corrected chi connectivity index (χ2v) is 8.07. The molecule has 0 saturated heterocycles. The van der Waals surface area contributed by atoms with Crippen molar-refractivity contribution in [1.82, 2.24) is 15.6 Å². The summed E-state index contributed by atoms with van der Waals surface area (Å²) in [7, 11) is 1.53. The standard InChI is InChI=1S/C26H24N4O3/c1-33-23-12-7-18(16-28-23)15-22(25(32)30-26(17-27)13-14-26)29-24(31)21-10-8-20(9-11-21)19-5-3-2-4-6-19/h2-12,16,22H,13-15H2,1H3,(H,29,31)(H,30,32). The molecule has 2 N–H and O–H groups in total. The second-order valence-electron chi connectivity index (χ2n) is 8.07. The Labute approximate surface area is 192 Å². The van der Waals surface area contributed by atoms with Crippen LogP contribution >= 0.6 is 0 Å². The first-order chi connectivity index (χ1) is 16.0. The molecule has 1 aliphatic rings. The molecule has 1 aromatic heterocycles. The van der Waals surface area contributed by atoms with E-state index >= 15 is 0 Å². The van der Waals surface area contributed by atoms with E-state index in [1.165, 1.54) is 7.11 Å². The molecule has 166 valence electrons. The highest BCUT2D eigenvalue weighted by Crippen LogP contribution is 2.34. The molecule has 0 aliphatic heterocycles. The van der Waals surface area contributed by atoms with Crippen molar-refractivity contribution in [2.45, 2.75) is 30.8 Å². The summed E-state index contributed by atoms with van der Waals surface area (Å²) in [5.74, 6) is -0.291. The lowest BCUT2D eigenvalue weighted by molar-refractivity contribution is -0.123. The highest BCUT2D eigenvalue weighted by Gasteiger charge is 2.45. The molecule has 1 atom stereocenters. The lowest BCUT2D eigenvalue weighted by Gasteiger charge is -2.20. The Morgan fingerprint density at radius 1 is 1.06 bits per heavy atom. The van der Waals surface area contributed by atoms with Gasteiger partial charge in [-0.1, -0.05) is 48.5 Å². The third kappa shape index (κ3) is 5.36. The molecule has 0 spiro atoms. The van der Waals surface area contributed by atoms with Crippen LogP contribution in [0.5, 0.6) is 5.88 Å². The van der Waals surface area contributed by atoms with E-state index in [0.29, 0.717) is 24.3 Å². The Balaban J connectivity index is 1.50. The first-order valence-electron chi connectivity index (χ1n) is 10.7. The predicted octanol–water partition coefficient (Wildman–Crippen LogP) is 3.27. The smallest absolute Gasteiger partial charge is 0.251 e. The van der Waals surface area contributed by atoms with Crippen LogP contribution in [-0.4, -0.2) is 35.5 Å². The quantitative estimate of drug-likeness (QED) is 0.559. The van der Waals surface area contributed by atoms with Crippen LogP contribution < -0.4 is 15.4 Å². The molecule has 4 rings (SSSR count). The number of nitriles is 1. The summed E-state index contributed by atoms with van der Waals surface area (Å²) in [6, 6.07) is 21.9. The fraction of sp³-hybridized carbons (Fsp3) is 0.231. The van der Waals surface area contributed by atoms with E-state index in [1.54, 1.807) is 30.5 Å². The highest BCUT2D eigenvalue weighted by atomic mass is 16.5.